The standard InChI is InChI=1S/C7H4F3N2OS/c8-7(9,10)1-4(2-13)5-3-14-6(11)12-5/h1,3H,(H2,11,12). The van der Waals surface area contributed by atoms with Crippen LogP contribution >= 0.6 is 11.3 Å². The molecule has 0 bridgehead atoms. The number of nitrogen functional groups attached to an aromatic ring is 1. The van der Waals surface area contributed by atoms with Gasteiger partial charge in [-0.1, -0.05) is 0 Å². The van der Waals surface area contributed by atoms with Gasteiger partial charge in [0.1, 0.15) is 0 Å². The van der Waals surface area contributed by atoms with E-state index in [1.807, 2.05) is 0 Å². The second-order valence-corrected chi connectivity index (χ2v) is 3.16. The van der Waals surface area contributed by atoms with Crippen LogP contribution in [0.25, 0.3) is 5.57 Å². The van der Waals surface area contributed by atoms with Crippen LogP contribution in [0, 0.1) is 0 Å². The molecule has 0 fully saturated rings. The first-order chi connectivity index (χ1) is 6.42. The number of hydrogen-bond donors (Lipinski definition) is 1. The van der Waals surface area contributed by atoms with Crippen molar-refractivity contribution in [1.29, 1.82) is 0 Å². The van der Waals surface area contributed by atoms with E-state index in [0.29, 0.717) is 0 Å². The van der Waals surface area contributed by atoms with Crippen LogP contribution in [0.15, 0.2) is 11.5 Å². The Kier molecular flexibility index (Phi) is 2.90. The number of nitrogens with zero attached hydrogens (tertiary/aromatic N) is 1. The summed E-state index contributed by atoms with van der Waals surface area (Å²) < 4.78 is 35.6. The van der Waals surface area contributed by atoms with E-state index in [2.05, 4.69) is 4.98 Å². The minimum absolute atomic E-state index is 0.100. The maximum atomic E-state index is 11.9. The monoisotopic (exact) mass is 221 g/mol. The summed E-state index contributed by atoms with van der Waals surface area (Å²) in [6.07, 6.45) is -3.55. The summed E-state index contributed by atoms with van der Waals surface area (Å²) in [6, 6.07) is 0. The van der Waals surface area contributed by atoms with E-state index < -0.39 is 11.7 Å². The van der Waals surface area contributed by atoms with E-state index in [1.165, 1.54) is 11.7 Å². The second-order valence-electron chi connectivity index (χ2n) is 2.27. The van der Waals surface area contributed by atoms with Gasteiger partial charge in [-0.3, -0.25) is 4.79 Å². The normalized spacial score (nSPS) is 12.9. The molecule has 0 aliphatic carbocycles. The predicted octanol–water partition coefficient (Wildman–Crippen LogP) is 1.78. The molecular formula is C7H4F3N2OS. The first kappa shape index (κ1) is 10.7. The van der Waals surface area contributed by atoms with E-state index in [0.717, 1.165) is 11.3 Å². The summed E-state index contributed by atoms with van der Waals surface area (Å²) >= 11 is 0.954. The van der Waals surface area contributed by atoms with Crippen LogP contribution in [-0.2, 0) is 4.79 Å². The topological polar surface area (TPSA) is 56.0 Å². The highest BCUT2D eigenvalue weighted by Crippen LogP contribution is 2.24. The van der Waals surface area contributed by atoms with Crippen LogP contribution in [-0.4, -0.2) is 17.4 Å². The number of rotatable bonds is 2. The maximum Gasteiger partial charge on any atom is 0.410 e. The molecule has 7 heteroatoms. The Labute approximate surface area is 81.1 Å². The first-order valence-electron chi connectivity index (χ1n) is 3.31. The number of aromatic nitrogens is 1. The third kappa shape index (κ3) is 2.84. The number of anilines is 1. The fourth-order valence-corrected chi connectivity index (χ4v) is 1.29. The van der Waals surface area contributed by atoms with E-state index in [9.17, 15) is 18.0 Å². The summed E-state index contributed by atoms with van der Waals surface area (Å²) in [5.41, 5.74) is 4.44. The van der Waals surface area contributed by atoms with Gasteiger partial charge in [0, 0.05) is 11.5 Å². The highest BCUT2D eigenvalue weighted by molar-refractivity contribution is 7.13. The average Bonchev–Trinajstić information content (AvgIpc) is 2.46. The summed E-state index contributed by atoms with van der Waals surface area (Å²) in [6.45, 7) is 0. The number of allylic oxidation sites excluding steroid dienone is 2. The van der Waals surface area contributed by atoms with Gasteiger partial charge in [0.25, 0.3) is 0 Å². The number of nitrogens with two attached hydrogens (primary N) is 1. The highest BCUT2D eigenvalue weighted by atomic mass is 32.1. The van der Waals surface area contributed by atoms with Crippen molar-refractivity contribution in [2.24, 2.45) is 0 Å². The molecule has 0 atom stereocenters. The zero-order valence-electron chi connectivity index (χ0n) is 6.63. The van der Waals surface area contributed by atoms with Gasteiger partial charge in [-0.2, -0.15) is 13.2 Å². The summed E-state index contributed by atoms with van der Waals surface area (Å²) in [7, 11) is 0. The Morgan fingerprint density at radius 3 is 2.64 bits per heavy atom. The number of alkyl halides is 3. The Morgan fingerprint density at radius 2 is 2.29 bits per heavy atom. The van der Waals surface area contributed by atoms with Crippen molar-refractivity contribution in [3.05, 3.63) is 17.2 Å². The molecule has 1 rings (SSSR count). The molecule has 0 amide bonds. The summed E-state index contributed by atoms with van der Waals surface area (Å²) in [4.78, 5) is 13.8. The lowest BCUT2D eigenvalue weighted by Gasteiger charge is -1.99. The third-order valence-electron chi connectivity index (χ3n) is 1.22. The molecule has 0 saturated heterocycles. The van der Waals surface area contributed by atoms with Crippen molar-refractivity contribution in [3.63, 3.8) is 0 Å². The Bertz CT molecular complexity index is 369. The van der Waals surface area contributed by atoms with Crippen molar-refractivity contribution >= 4 is 28.3 Å². The van der Waals surface area contributed by atoms with E-state index in [4.69, 9.17) is 5.73 Å². The minimum atomic E-state index is -4.56. The van der Waals surface area contributed by atoms with Gasteiger partial charge in [-0.15, -0.1) is 11.3 Å². The molecule has 14 heavy (non-hydrogen) atoms. The third-order valence-corrected chi connectivity index (χ3v) is 1.89. The maximum absolute atomic E-state index is 11.9. The lowest BCUT2D eigenvalue weighted by molar-refractivity contribution is -0.0792. The Hall–Kier alpha value is -1.37. The van der Waals surface area contributed by atoms with Gasteiger partial charge in [0.15, 0.2) is 5.13 Å². The predicted molar refractivity (Wildman–Crippen MR) is 46.3 cm³/mol. The van der Waals surface area contributed by atoms with Crippen LogP contribution in [0.3, 0.4) is 0 Å². The minimum Gasteiger partial charge on any atom is -0.375 e. The van der Waals surface area contributed by atoms with Crippen LogP contribution < -0.4 is 5.73 Å². The summed E-state index contributed by atoms with van der Waals surface area (Å²) in [5, 5.41) is 1.36. The number of halogens is 3. The Balaban J connectivity index is 3.05. The number of thiazole rings is 1. The van der Waals surface area contributed by atoms with Crippen LogP contribution in [0.4, 0.5) is 18.3 Å². The van der Waals surface area contributed by atoms with E-state index >= 15 is 0 Å². The molecule has 0 aliphatic rings. The molecule has 3 nitrogen and oxygen atoms in total. The van der Waals surface area contributed by atoms with Crippen LogP contribution in [0.2, 0.25) is 0 Å². The molecular weight excluding hydrogens is 217 g/mol. The lowest BCUT2D eigenvalue weighted by Crippen LogP contribution is -2.04. The smallest absolute Gasteiger partial charge is 0.375 e. The number of carbonyl (C=O) groups excluding carboxylic acids is 1. The van der Waals surface area contributed by atoms with Crippen molar-refractivity contribution in [1.82, 2.24) is 4.98 Å². The van der Waals surface area contributed by atoms with Crippen molar-refractivity contribution in [2.45, 2.75) is 6.18 Å². The quantitative estimate of drug-likeness (QED) is 0.774. The van der Waals surface area contributed by atoms with E-state index in [1.54, 1.807) is 0 Å². The molecule has 2 N–H and O–H groups in total. The lowest BCUT2D eigenvalue weighted by atomic mass is 10.2. The molecule has 1 radical (unpaired) electrons. The van der Waals surface area contributed by atoms with Gasteiger partial charge >= 0.3 is 6.18 Å². The molecule has 1 aromatic heterocycles. The zero-order valence-corrected chi connectivity index (χ0v) is 7.45. The Morgan fingerprint density at radius 1 is 1.64 bits per heavy atom. The van der Waals surface area contributed by atoms with Crippen molar-refractivity contribution in [2.75, 3.05) is 5.73 Å². The van der Waals surface area contributed by atoms with Gasteiger partial charge in [-0.05, 0) is 0 Å². The molecule has 0 unspecified atom stereocenters. The summed E-state index contributed by atoms with van der Waals surface area (Å²) in [5.74, 6) is 0. The average molecular weight is 221 g/mol. The van der Waals surface area contributed by atoms with Crippen LogP contribution in [0.1, 0.15) is 5.69 Å². The molecule has 1 aromatic rings. The highest BCUT2D eigenvalue weighted by Gasteiger charge is 2.25. The molecule has 0 saturated carbocycles. The number of hydrogen-bond acceptors (Lipinski definition) is 4. The van der Waals surface area contributed by atoms with Gasteiger partial charge in [-0.25, -0.2) is 4.98 Å². The molecule has 75 valence electrons. The van der Waals surface area contributed by atoms with Crippen molar-refractivity contribution < 1.29 is 18.0 Å². The first-order valence-corrected chi connectivity index (χ1v) is 4.19. The van der Waals surface area contributed by atoms with Gasteiger partial charge < -0.3 is 5.73 Å². The molecule has 0 aromatic carbocycles. The second kappa shape index (κ2) is 3.79. The molecule has 0 spiro atoms. The molecule has 0 aliphatic heterocycles. The van der Waals surface area contributed by atoms with Gasteiger partial charge in [0.2, 0.25) is 6.29 Å². The van der Waals surface area contributed by atoms with Crippen LogP contribution in [0.5, 0.6) is 0 Å². The fraction of sp³-hybridized carbons (Fsp3) is 0.143. The van der Waals surface area contributed by atoms with E-state index in [-0.39, 0.29) is 16.9 Å². The SMILES string of the molecule is Nc1nc(C([C]=O)=CC(F)(F)F)cs1. The fourth-order valence-electron chi connectivity index (χ4n) is 0.731. The zero-order chi connectivity index (χ0) is 10.8. The van der Waals surface area contributed by atoms with Crippen molar-refractivity contribution in [3.8, 4) is 0 Å². The largest absolute Gasteiger partial charge is 0.410 e. The molecule has 1 heterocycles. The van der Waals surface area contributed by atoms with Gasteiger partial charge in [0.05, 0.1) is 11.3 Å².